The molecular formula is C27H28N4O2S. The fourth-order valence-electron chi connectivity index (χ4n) is 3.45. The van der Waals surface area contributed by atoms with Gasteiger partial charge in [-0.25, -0.2) is 0 Å². The minimum Gasteiger partial charge on any atom is -0.486 e. The van der Waals surface area contributed by atoms with E-state index in [0.29, 0.717) is 17.5 Å². The molecule has 174 valence electrons. The molecule has 1 aromatic heterocycles. The second-order valence-electron chi connectivity index (χ2n) is 7.98. The summed E-state index contributed by atoms with van der Waals surface area (Å²) in [7, 11) is 0. The van der Waals surface area contributed by atoms with E-state index < -0.39 is 0 Å². The number of hydrogen-bond donors (Lipinski definition) is 1. The Kier molecular flexibility index (Phi) is 7.99. The number of amides is 1. The largest absolute Gasteiger partial charge is 0.486 e. The first-order chi connectivity index (χ1) is 16.6. The van der Waals surface area contributed by atoms with Crippen LogP contribution in [0.2, 0.25) is 0 Å². The Morgan fingerprint density at radius 3 is 2.41 bits per heavy atom. The van der Waals surface area contributed by atoms with Crippen LogP contribution in [0, 0.1) is 13.8 Å². The van der Waals surface area contributed by atoms with E-state index in [0.717, 1.165) is 17.9 Å². The first kappa shape index (κ1) is 23.6. The number of nitrogens with zero attached hydrogens (tertiary/aromatic N) is 3. The van der Waals surface area contributed by atoms with E-state index in [2.05, 4.69) is 41.5 Å². The van der Waals surface area contributed by atoms with Crippen LogP contribution in [-0.4, -0.2) is 33.0 Å². The molecule has 0 saturated carbocycles. The molecule has 1 amide bonds. The van der Waals surface area contributed by atoms with Crippen LogP contribution < -0.4 is 10.1 Å². The van der Waals surface area contributed by atoms with Gasteiger partial charge in [0, 0.05) is 12.2 Å². The Labute approximate surface area is 204 Å². The van der Waals surface area contributed by atoms with Gasteiger partial charge in [-0.1, -0.05) is 66.4 Å². The van der Waals surface area contributed by atoms with Crippen LogP contribution in [0.1, 0.15) is 22.5 Å². The molecule has 0 saturated heterocycles. The lowest BCUT2D eigenvalue weighted by molar-refractivity contribution is -0.118. The van der Waals surface area contributed by atoms with Crippen LogP contribution in [0.15, 0.2) is 84.0 Å². The van der Waals surface area contributed by atoms with E-state index in [4.69, 9.17) is 4.74 Å². The number of aryl methyl sites for hydroxylation is 2. The predicted molar refractivity (Wildman–Crippen MR) is 135 cm³/mol. The summed E-state index contributed by atoms with van der Waals surface area (Å²) in [5, 5.41) is 12.4. The summed E-state index contributed by atoms with van der Waals surface area (Å²) in [6, 6.07) is 26.0. The number of ether oxygens (including phenoxy) is 1. The number of carbonyl (C=O) groups is 1. The molecule has 1 heterocycles. The van der Waals surface area contributed by atoms with Crippen molar-refractivity contribution in [3.05, 3.63) is 101 Å². The summed E-state index contributed by atoms with van der Waals surface area (Å²) in [6.07, 6.45) is 0.803. The van der Waals surface area contributed by atoms with Crippen molar-refractivity contribution in [2.45, 2.75) is 32.0 Å². The highest BCUT2D eigenvalue weighted by Crippen LogP contribution is 2.23. The Morgan fingerprint density at radius 1 is 0.941 bits per heavy atom. The molecule has 0 spiro atoms. The molecule has 0 aliphatic heterocycles. The summed E-state index contributed by atoms with van der Waals surface area (Å²) in [5.74, 6) is 1.70. The van der Waals surface area contributed by atoms with Crippen molar-refractivity contribution >= 4 is 17.7 Å². The summed E-state index contributed by atoms with van der Waals surface area (Å²) in [4.78, 5) is 12.4. The molecule has 7 heteroatoms. The number of nitrogens with one attached hydrogen (secondary N) is 1. The fraction of sp³-hybridized carbons (Fsp3) is 0.222. The zero-order valence-corrected chi connectivity index (χ0v) is 20.2. The molecule has 4 aromatic rings. The average molecular weight is 473 g/mol. The van der Waals surface area contributed by atoms with Gasteiger partial charge in [-0.05, 0) is 61.2 Å². The van der Waals surface area contributed by atoms with E-state index in [1.807, 2.05) is 71.3 Å². The van der Waals surface area contributed by atoms with Crippen molar-refractivity contribution in [2.75, 3.05) is 12.3 Å². The lowest BCUT2D eigenvalue weighted by Crippen LogP contribution is -2.27. The Bertz CT molecular complexity index is 1230. The number of hydrogen-bond acceptors (Lipinski definition) is 5. The monoisotopic (exact) mass is 472 g/mol. The number of para-hydroxylation sites is 1. The van der Waals surface area contributed by atoms with Crippen LogP contribution in [0.4, 0.5) is 0 Å². The van der Waals surface area contributed by atoms with Crippen LogP contribution in [-0.2, 0) is 17.8 Å². The van der Waals surface area contributed by atoms with Crippen molar-refractivity contribution in [1.82, 2.24) is 20.1 Å². The van der Waals surface area contributed by atoms with E-state index in [1.54, 1.807) is 0 Å². The number of carbonyl (C=O) groups excluding carboxylic acids is 1. The number of aromatic nitrogens is 3. The number of thioether (sulfide) groups is 1. The van der Waals surface area contributed by atoms with Gasteiger partial charge >= 0.3 is 0 Å². The van der Waals surface area contributed by atoms with Gasteiger partial charge in [-0.15, -0.1) is 10.2 Å². The topological polar surface area (TPSA) is 69.0 Å². The van der Waals surface area contributed by atoms with Gasteiger partial charge in [-0.3, -0.25) is 9.36 Å². The summed E-state index contributed by atoms with van der Waals surface area (Å²) < 4.78 is 7.96. The molecule has 0 bridgehead atoms. The molecule has 0 aliphatic carbocycles. The Hall–Kier alpha value is -3.58. The van der Waals surface area contributed by atoms with E-state index in [1.165, 1.54) is 28.5 Å². The quantitative estimate of drug-likeness (QED) is 0.332. The molecule has 6 nitrogen and oxygen atoms in total. The van der Waals surface area contributed by atoms with Gasteiger partial charge in [0.1, 0.15) is 12.4 Å². The average Bonchev–Trinajstić information content (AvgIpc) is 3.27. The molecule has 3 aromatic carbocycles. The molecule has 0 aliphatic rings. The van der Waals surface area contributed by atoms with Gasteiger partial charge in [-0.2, -0.15) is 0 Å². The minimum atomic E-state index is -0.0310. The van der Waals surface area contributed by atoms with Gasteiger partial charge in [0.2, 0.25) is 5.91 Å². The van der Waals surface area contributed by atoms with Gasteiger partial charge in [0.05, 0.1) is 5.75 Å². The van der Waals surface area contributed by atoms with E-state index >= 15 is 0 Å². The standard InChI is InChI=1S/C27H28N4O2S/c1-20-13-14-24(17-21(20)2)33-18-25-29-30-27(31(25)23-11-7-4-8-12-23)34-19-26(32)28-16-15-22-9-5-3-6-10-22/h3-14,17H,15-16,18-19H2,1-2H3,(H,28,32). The summed E-state index contributed by atoms with van der Waals surface area (Å²) in [5.41, 5.74) is 4.53. The molecule has 0 atom stereocenters. The van der Waals surface area contributed by atoms with Crippen molar-refractivity contribution in [2.24, 2.45) is 0 Å². The van der Waals surface area contributed by atoms with E-state index in [-0.39, 0.29) is 18.3 Å². The van der Waals surface area contributed by atoms with Crippen molar-refractivity contribution in [1.29, 1.82) is 0 Å². The number of rotatable bonds is 10. The Balaban J connectivity index is 1.40. The third-order valence-electron chi connectivity index (χ3n) is 5.47. The van der Waals surface area contributed by atoms with Crippen LogP contribution in [0.3, 0.4) is 0 Å². The lowest BCUT2D eigenvalue weighted by Gasteiger charge is -2.12. The van der Waals surface area contributed by atoms with E-state index in [9.17, 15) is 4.79 Å². The van der Waals surface area contributed by atoms with Gasteiger partial charge < -0.3 is 10.1 Å². The third-order valence-corrected chi connectivity index (χ3v) is 6.40. The van der Waals surface area contributed by atoms with Crippen molar-refractivity contribution < 1.29 is 9.53 Å². The highest BCUT2D eigenvalue weighted by Gasteiger charge is 2.16. The molecule has 0 radical (unpaired) electrons. The second-order valence-corrected chi connectivity index (χ2v) is 8.92. The normalized spacial score (nSPS) is 10.8. The first-order valence-corrected chi connectivity index (χ1v) is 12.2. The maximum absolute atomic E-state index is 12.4. The van der Waals surface area contributed by atoms with Crippen molar-refractivity contribution in [3.8, 4) is 11.4 Å². The van der Waals surface area contributed by atoms with Crippen LogP contribution in [0.5, 0.6) is 5.75 Å². The van der Waals surface area contributed by atoms with Crippen LogP contribution >= 0.6 is 11.8 Å². The minimum absolute atomic E-state index is 0.0310. The maximum Gasteiger partial charge on any atom is 0.230 e. The predicted octanol–water partition coefficient (Wildman–Crippen LogP) is 4.91. The van der Waals surface area contributed by atoms with Gasteiger partial charge in [0.15, 0.2) is 11.0 Å². The smallest absolute Gasteiger partial charge is 0.230 e. The molecule has 34 heavy (non-hydrogen) atoms. The highest BCUT2D eigenvalue weighted by molar-refractivity contribution is 7.99. The molecular weight excluding hydrogens is 444 g/mol. The summed E-state index contributed by atoms with van der Waals surface area (Å²) in [6.45, 7) is 5.01. The molecule has 1 N–H and O–H groups in total. The third kappa shape index (κ3) is 6.26. The Morgan fingerprint density at radius 2 is 1.68 bits per heavy atom. The van der Waals surface area contributed by atoms with Crippen molar-refractivity contribution in [3.63, 3.8) is 0 Å². The zero-order valence-electron chi connectivity index (χ0n) is 19.4. The molecule has 0 fully saturated rings. The SMILES string of the molecule is Cc1ccc(OCc2nnc(SCC(=O)NCCc3ccccc3)n2-c2ccccc2)cc1C. The zero-order chi connectivity index (χ0) is 23.8. The van der Waals surface area contributed by atoms with Gasteiger partial charge in [0.25, 0.3) is 0 Å². The summed E-state index contributed by atoms with van der Waals surface area (Å²) >= 11 is 1.36. The van der Waals surface area contributed by atoms with Crippen LogP contribution in [0.25, 0.3) is 5.69 Å². The molecule has 4 rings (SSSR count). The maximum atomic E-state index is 12.4. The fourth-order valence-corrected chi connectivity index (χ4v) is 4.25. The highest BCUT2D eigenvalue weighted by atomic mass is 32.2. The number of benzene rings is 3. The lowest BCUT2D eigenvalue weighted by atomic mass is 10.1. The first-order valence-electron chi connectivity index (χ1n) is 11.2. The second kappa shape index (κ2) is 11.5. The molecule has 0 unspecified atom stereocenters.